The fourth-order valence-corrected chi connectivity index (χ4v) is 4.62. The van der Waals surface area contributed by atoms with Crippen LogP contribution in [0.25, 0.3) is 10.2 Å². The summed E-state index contributed by atoms with van der Waals surface area (Å²) in [7, 11) is 1.57. The van der Waals surface area contributed by atoms with Gasteiger partial charge in [-0.3, -0.25) is 9.78 Å². The molecule has 29 heavy (non-hydrogen) atoms. The van der Waals surface area contributed by atoms with Crippen molar-refractivity contribution < 1.29 is 14.6 Å². The Bertz CT molecular complexity index is 1010. The molecule has 3 aromatic rings. The summed E-state index contributed by atoms with van der Waals surface area (Å²) in [5.41, 5.74) is 1.21. The Kier molecular flexibility index (Phi) is 5.92. The van der Waals surface area contributed by atoms with Crippen LogP contribution in [0.3, 0.4) is 0 Å². The number of pyridine rings is 1. The number of ether oxygens (including phenoxy) is 1. The standard InChI is InChI=1S/C21H24N4O3S/c1-22-20(27)18-10-15(8-9-23-18)28-14-6-7-17-19(11-14)29-21(25-17)24-16-5-3-2-4-13(16)12-26/h6-11,13,16,26H,2-5,12H2,1H3,(H,22,27)(H,24,25)/t13-,16+/m0/s1. The molecular formula is C21H24N4O3S. The van der Waals surface area contributed by atoms with E-state index in [0.29, 0.717) is 17.2 Å². The van der Waals surface area contributed by atoms with E-state index in [1.165, 1.54) is 12.8 Å². The lowest BCUT2D eigenvalue weighted by atomic mass is 9.85. The number of hydrogen-bond acceptors (Lipinski definition) is 7. The summed E-state index contributed by atoms with van der Waals surface area (Å²) in [6.45, 7) is 0.213. The zero-order chi connectivity index (χ0) is 20.2. The quantitative estimate of drug-likeness (QED) is 0.570. The van der Waals surface area contributed by atoms with Crippen LogP contribution in [0.1, 0.15) is 36.2 Å². The van der Waals surface area contributed by atoms with Gasteiger partial charge in [-0.15, -0.1) is 0 Å². The molecule has 2 heterocycles. The molecule has 0 unspecified atom stereocenters. The maximum atomic E-state index is 11.7. The number of carbonyl (C=O) groups excluding carboxylic acids is 1. The van der Waals surface area contributed by atoms with Crippen molar-refractivity contribution in [3.05, 3.63) is 42.2 Å². The highest BCUT2D eigenvalue weighted by Gasteiger charge is 2.25. The number of carbonyl (C=O) groups is 1. The second kappa shape index (κ2) is 8.75. The van der Waals surface area contributed by atoms with Crippen LogP contribution >= 0.6 is 11.3 Å². The van der Waals surface area contributed by atoms with Crippen LogP contribution in [0.5, 0.6) is 11.5 Å². The van der Waals surface area contributed by atoms with Gasteiger partial charge in [-0.2, -0.15) is 0 Å². The third kappa shape index (κ3) is 4.49. The maximum Gasteiger partial charge on any atom is 0.269 e. The minimum Gasteiger partial charge on any atom is -0.457 e. The van der Waals surface area contributed by atoms with Crippen molar-refractivity contribution in [3.63, 3.8) is 0 Å². The summed E-state index contributed by atoms with van der Waals surface area (Å²) < 4.78 is 6.94. The Balaban J connectivity index is 1.50. The van der Waals surface area contributed by atoms with Crippen molar-refractivity contribution in [2.75, 3.05) is 19.0 Å². The molecule has 7 nitrogen and oxygen atoms in total. The summed E-state index contributed by atoms with van der Waals surface area (Å²) in [5.74, 6) is 1.25. The van der Waals surface area contributed by atoms with E-state index in [2.05, 4.69) is 20.6 Å². The molecule has 1 aromatic carbocycles. The normalized spacial score (nSPS) is 19.1. The molecule has 0 spiro atoms. The second-order valence-electron chi connectivity index (χ2n) is 7.18. The number of rotatable bonds is 6. The van der Waals surface area contributed by atoms with Crippen molar-refractivity contribution in [2.24, 2.45) is 5.92 Å². The summed E-state index contributed by atoms with van der Waals surface area (Å²) >= 11 is 1.58. The summed E-state index contributed by atoms with van der Waals surface area (Å²) in [5, 5.41) is 16.6. The minimum atomic E-state index is -0.257. The highest BCUT2D eigenvalue weighted by molar-refractivity contribution is 7.22. The van der Waals surface area contributed by atoms with Gasteiger partial charge in [-0.05, 0) is 31.0 Å². The van der Waals surface area contributed by atoms with Crippen LogP contribution in [-0.4, -0.2) is 40.7 Å². The van der Waals surface area contributed by atoms with Gasteiger partial charge in [0.15, 0.2) is 5.13 Å². The zero-order valence-electron chi connectivity index (χ0n) is 16.2. The van der Waals surface area contributed by atoms with Crippen molar-refractivity contribution in [2.45, 2.75) is 31.7 Å². The lowest BCUT2D eigenvalue weighted by Crippen LogP contribution is -2.34. The van der Waals surface area contributed by atoms with Gasteiger partial charge in [0.1, 0.15) is 17.2 Å². The lowest BCUT2D eigenvalue weighted by Gasteiger charge is -2.30. The van der Waals surface area contributed by atoms with Crippen molar-refractivity contribution >= 4 is 32.6 Å². The molecule has 1 fully saturated rings. The van der Waals surface area contributed by atoms with E-state index < -0.39 is 0 Å². The Hall–Kier alpha value is -2.71. The van der Waals surface area contributed by atoms with Gasteiger partial charge in [0.25, 0.3) is 5.91 Å². The number of benzene rings is 1. The van der Waals surface area contributed by atoms with Crippen LogP contribution in [0.15, 0.2) is 36.5 Å². The molecule has 2 aromatic heterocycles. The monoisotopic (exact) mass is 412 g/mol. The second-order valence-corrected chi connectivity index (χ2v) is 8.22. The molecule has 152 valence electrons. The first-order valence-corrected chi connectivity index (χ1v) is 10.6. The number of anilines is 1. The topological polar surface area (TPSA) is 96.4 Å². The predicted octanol–water partition coefficient (Wildman–Crippen LogP) is 3.81. The van der Waals surface area contributed by atoms with Crippen molar-refractivity contribution in [1.82, 2.24) is 15.3 Å². The Labute approximate surface area is 173 Å². The number of aliphatic hydroxyl groups is 1. The molecule has 1 aliphatic rings. The molecule has 3 N–H and O–H groups in total. The first-order chi connectivity index (χ1) is 14.2. The van der Waals surface area contributed by atoms with Crippen LogP contribution in [0, 0.1) is 5.92 Å². The van der Waals surface area contributed by atoms with E-state index >= 15 is 0 Å². The van der Waals surface area contributed by atoms with E-state index in [4.69, 9.17) is 4.74 Å². The Morgan fingerprint density at radius 1 is 1.24 bits per heavy atom. The molecule has 8 heteroatoms. The van der Waals surface area contributed by atoms with Gasteiger partial charge in [0.05, 0.1) is 10.2 Å². The van der Waals surface area contributed by atoms with Gasteiger partial charge >= 0.3 is 0 Å². The molecule has 0 saturated heterocycles. The van der Waals surface area contributed by atoms with Gasteiger partial charge in [-0.25, -0.2) is 4.98 Å². The summed E-state index contributed by atoms with van der Waals surface area (Å²) in [6, 6.07) is 9.34. The molecule has 4 rings (SSSR count). The van der Waals surface area contributed by atoms with E-state index in [1.54, 1.807) is 36.7 Å². The lowest BCUT2D eigenvalue weighted by molar-refractivity contribution is 0.0958. The molecule has 1 saturated carbocycles. The SMILES string of the molecule is CNC(=O)c1cc(Oc2ccc3nc(N[C@@H]4CCCC[C@H]4CO)sc3c2)ccn1. The molecule has 0 bridgehead atoms. The third-order valence-corrected chi connectivity index (χ3v) is 6.19. The van der Waals surface area contributed by atoms with E-state index in [1.807, 2.05) is 18.2 Å². The van der Waals surface area contributed by atoms with E-state index in [9.17, 15) is 9.90 Å². The van der Waals surface area contributed by atoms with Crippen molar-refractivity contribution in [1.29, 1.82) is 0 Å². The third-order valence-electron chi connectivity index (χ3n) is 5.24. The number of amides is 1. The van der Waals surface area contributed by atoms with Crippen LogP contribution in [0.4, 0.5) is 5.13 Å². The molecule has 2 atom stereocenters. The molecular weight excluding hydrogens is 388 g/mol. The Morgan fingerprint density at radius 2 is 2.07 bits per heavy atom. The van der Waals surface area contributed by atoms with E-state index in [-0.39, 0.29) is 24.5 Å². The first kappa shape index (κ1) is 19.6. The van der Waals surface area contributed by atoms with Gasteiger partial charge in [0.2, 0.25) is 0 Å². The highest BCUT2D eigenvalue weighted by Crippen LogP contribution is 2.34. The van der Waals surface area contributed by atoms with Crippen LogP contribution in [0.2, 0.25) is 0 Å². The van der Waals surface area contributed by atoms with Crippen molar-refractivity contribution in [3.8, 4) is 11.5 Å². The maximum absolute atomic E-state index is 11.7. The summed E-state index contributed by atoms with van der Waals surface area (Å²) in [6.07, 6.45) is 6.03. The largest absolute Gasteiger partial charge is 0.457 e. The van der Waals surface area contributed by atoms with Gasteiger partial charge < -0.3 is 20.5 Å². The number of thiazole rings is 1. The molecule has 0 radical (unpaired) electrons. The van der Waals surface area contributed by atoms with Gasteiger partial charge in [-0.1, -0.05) is 24.2 Å². The number of aromatic nitrogens is 2. The predicted molar refractivity (Wildman–Crippen MR) is 114 cm³/mol. The zero-order valence-corrected chi connectivity index (χ0v) is 17.0. The summed E-state index contributed by atoms with van der Waals surface area (Å²) in [4.78, 5) is 20.5. The highest BCUT2D eigenvalue weighted by atomic mass is 32.1. The minimum absolute atomic E-state index is 0.213. The average Bonchev–Trinajstić information content (AvgIpc) is 3.15. The Morgan fingerprint density at radius 3 is 2.90 bits per heavy atom. The molecule has 1 aliphatic carbocycles. The first-order valence-electron chi connectivity index (χ1n) is 9.80. The molecule has 1 amide bonds. The fraction of sp³-hybridized carbons (Fsp3) is 0.381. The average molecular weight is 413 g/mol. The number of nitrogens with zero attached hydrogens (tertiary/aromatic N) is 2. The number of hydrogen-bond donors (Lipinski definition) is 3. The number of aliphatic hydroxyl groups excluding tert-OH is 1. The smallest absolute Gasteiger partial charge is 0.269 e. The van der Waals surface area contributed by atoms with E-state index in [0.717, 1.165) is 28.2 Å². The number of nitrogens with one attached hydrogen (secondary N) is 2. The van der Waals surface area contributed by atoms with Crippen LogP contribution in [-0.2, 0) is 0 Å². The van der Waals surface area contributed by atoms with Crippen LogP contribution < -0.4 is 15.4 Å². The fourth-order valence-electron chi connectivity index (χ4n) is 3.67. The van der Waals surface area contributed by atoms with Gasteiger partial charge in [0, 0.05) is 43.9 Å². The number of fused-ring (bicyclic) bond motifs is 1. The molecule has 0 aliphatic heterocycles.